The van der Waals surface area contributed by atoms with Gasteiger partial charge in [-0.05, 0) is 13.0 Å². The van der Waals surface area contributed by atoms with Crippen LogP contribution in [-0.4, -0.2) is 33.2 Å². The highest BCUT2D eigenvalue weighted by Crippen LogP contribution is 2.21. The van der Waals surface area contributed by atoms with Crippen molar-refractivity contribution in [1.82, 2.24) is 9.78 Å². The van der Waals surface area contributed by atoms with Crippen molar-refractivity contribution < 1.29 is 19.2 Å². The van der Waals surface area contributed by atoms with Crippen molar-refractivity contribution in [3.8, 4) is 0 Å². The number of hydrogen-bond donors (Lipinski definition) is 1. The molecule has 24 heavy (non-hydrogen) atoms. The van der Waals surface area contributed by atoms with Crippen LogP contribution in [0.1, 0.15) is 22.8 Å². The maximum Gasteiger partial charge on any atom is 0.310 e. The first kappa shape index (κ1) is 17.1. The van der Waals surface area contributed by atoms with E-state index in [4.69, 9.17) is 4.74 Å². The summed E-state index contributed by atoms with van der Waals surface area (Å²) in [4.78, 5) is 34.4. The Bertz CT molecular complexity index is 784. The van der Waals surface area contributed by atoms with Crippen molar-refractivity contribution in [2.75, 3.05) is 11.9 Å². The molecule has 0 bridgehead atoms. The second-order valence-electron chi connectivity index (χ2n) is 4.85. The molecule has 0 spiro atoms. The number of amides is 1. The second-order valence-corrected chi connectivity index (χ2v) is 4.85. The Kier molecular flexibility index (Phi) is 5.25. The Morgan fingerprint density at radius 1 is 1.38 bits per heavy atom. The van der Waals surface area contributed by atoms with Crippen LogP contribution in [0.3, 0.4) is 0 Å². The zero-order valence-corrected chi connectivity index (χ0v) is 13.2. The minimum Gasteiger partial charge on any atom is -0.466 e. The molecule has 1 aromatic carbocycles. The number of aromatic nitrogens is 2. The zero-order chi connectivity index (χ0) is 17.7. The van der Waals surface area contributed by atoms with Crippen LogP contribution < -0.4 is 5.32 Å². The third kappa shape index (κ3) is 3.75. The maximum absolute atomic E-state index is 12.4. The molecule has 1 heterocycles. The van der Waals surface area contributed by atoms with Crippen molar-refractivity contribution in [3.63, 3.8) is 0 Å². The highest BCUT2D eigenvalue weighted by Gasteiger charge is 2.22. The van der Waals surface area contributed by atoms with Crippen molar-refractivity contribution in [2.45, 2.75) is 13.3 Å². The van der Waals surface area contributed by atoms with E-state index >= 15 is 0 Å². The van der Waals surface area contributed by atoms with Gasteiger partial charge >= 0.3 is 5.97 Å². The number of esters is 1. The summed E-state index contributed by atoms with van der Waals surface area (Å²) < 4.78 is 6.25. The lowest BCUT2D eigenvalue weighted by Gasteiger charge is -2.09. The second kappa shape index (κ2) is 7.36. The van der Waals surface area contributed by atoms with Crippen molar-refractivity contribution >= 4 is 23.4 Å². The number of anilines is 1. The Morgan fingerprint density at radius 3 is 2.75 bits per heavy atom. The van der Waals surface area contributed by atoms with E-state index in [1.807, 2.05) is 0 Å². The van der Waals surface area contributed by atoms with E-state index < -0.39 is 16.8 Å². The number of benzene rings is 1. The van der Waals surface area contributed by atoms with Gasteiger partial charge in [-0.15, -0.1) is 0 Å². The molecule has 0 saturated heterocycles. The third-order valence-corrected chi connectivity index (χ3v) is 3.23. The molecule has 126 valence electrons. The van der Waals surface area contributed by atoms with Crippen LogP contribution in [-0.2, 0) is 23.0 Å². The Balaban J connectivity index is 2.25. The van der Waals surface area contributed by atoms with Crippen LogP contribution in [0.25, 0.3) is 0 Å². The lowest BCUT2D eigenvalue weighted by atomic mass is 10.1. The fourth-order valence-electron chi connectivity index (χ4n) is 2.14. The molecule has 0 atom stereocenters. The summed E-state index contributed by atoms with van der Waals surface area (Å²) in [6, 6.07) is 5.61. The summed E-state index contributed by atoms with van der Waals surface area (Å²) in [7, 11) is 1.59. The highest BCUT2D eigenvalue weighted by molar-refractivity contribution is 6.07. The van der Waals surface area contributed by atoms with E-state index in [9.17, 15) is 19.7 Å². The molecule has 0 aliphatic carbocycles. The molecule has 1 N–H and O–H groups in total. The van der Waals surface area contributed by atoms with Crippen LogP contribution >= 0.6 is 0 Å². The molecule has 0 aliphatic rings. The zero-order valence-electron chi connectivity index (χ0n) is 13.2. The molecule has 2 aromatic rings. The molecule has 0 unspecified atom stereocenters. The SMILES string of the molecule is CCOC(=O)Cc1cnn(C)c1NC(=O)c1ccccc1[N+](=O)[O-]. The van der Waals surface area contributed by atoms with E-state index in [0.29, 0.717) is 5.56 Å². The maximum atomic E-state index is 12.4. The lowest BCUT2D eigenvalue weighted by Crippen LogP contribution is -2.18. The highest BCUT2D eigenvalue weighted by atomic mass is 16.6. The first-order chi connectivity index (χ1) is 11.4. The average molecular weight is 332 g/mol. The summed E-state index contributed by atoms with van der Waals surface area (Å²) >= 11 is 0. The lowest BCUT2D eigenvalue weighted by molar-refractivity contribution is -0.385. The van der Waals surface area contributed by atoms with Gasteiger partial charge in [0.25, 0.3) is 11.6 Å². The monoisotopic (exact) mass is 332 g/mol. The van der Waals surface area contributed by atoms with Gasteiger partial charge in [0.1, 0.15) is 11.4 Å². The van der Waals surface area contributed by atoms with Crippen molar-refractivity contribution in [1.29, 1.82) is 0 Å². The Labute approximate surface area is 137 Å². The summed E-state index contributed by atoms with van der Waals surface area (Å²) in [5.41, 5.74) is 0.0813. The fraction of sp³-hybridized carbons (Fsp3) is 0.267. The number of rotatable bonds is 6. The average Bonchev–Trinajstić information content (AvgIpc) is 2.88. The fourth-order valence-corrected chi connectivity index (χ4v) is 2.14. The molecule has 0 fully saturated rings. The molecule has 1 aromatic heterocycles. The van der Waals surface area contributed by atoms with Gasteiger partial charge in [0.05, 0.1) is 24.1 Å². The molecule has 1 amide bonds. The van der Waals surface area contributed by atoms with E-state index in [1.54, 1.807) is 14.0 Å². The molecule has 0 aliphatic heterocycles. The molecule has 9 heteroatoms. The number of nitro benzene ring substituents is 1. The van der Waals surface area contributed by atoms with Gasteiger partial charge in [0.15, 0.2) is 0 Å². The van der Waals surface area contributed by atoms with Crippen LogP contribution in [0.4, 0.5) is 11.5 Å². The summed E-state index contributed by atoms with van der Waals surface area (Å²) in [5.74, 6) is -0.825. The van der Waals surface area contributed by atoms with Crippen LogP contribution in [0.5, 0.6) is 0 Å². The smallest absolute Gasteiger partial charge is 0.310 e. The minimum absolute atomic E-state index is 0.0613. The topological polar surface area (TPSA) is 116 Å². The Morgan fingerprint density at radius 2 is 2.08 bits per heavy atom. The van der Waals surface area contributed by atoms with Gasteiger partial charge in [0, 0.05) is 18.7 Å². The van der Waals surface area contributed by atoms with Crippen LogP contribution in [0.2, 0.25) is 0 Å². The number of para-hydroxylation sites is 1. The van der Waals surface area contributed by atoms with Crippen LogP contribution in [0.15, 0.2) is 30.5 Å². The van der Waals surface area contributed by atoms with Gasteiger partial charge in [-0.1, -0.05) is 12.1 Å². The largest absolute Gasteiger partial charge is 0.466 e. The standard InChI is InChI=1S/C15H16N4O5/c1-3-24-13(20)8-10-9-16-18(2)14(10)17-15(21)11-6-4-5-7-12(11)19(22)23/h4-7,9H,3,8H2,1-2H3,(H,17,21). The van der Waals surface area contributed by atoms with E-state index in [0.717, 1.165) is 0 Å². The first-order valence-corrected chi connectivity index (χ1v) is 7.15. The number of carbonyl (C=O) groups is 2. The number of hydrogen-bond acceptors (Lipinski definition) is 6. The predicted molar refractivity (Wildman–Crippen MR) is 84.6 cm³/mol. The van der Waals surface area contributed by atoms with Crippen molar-refractivity contribution in [2.24, 2.45) is 7.05 Å². The molecular weight excluding hydrogens is 316 g/mol. The quantitative estimate of drug-likeness (QED) is 0.489. The number of ether oxygens (including phenoxy) is 1. The van der Waals surface area contributed by atoms with E-state index in [2.05, 4.69) is 10.4 Å². The van der Waals surface area contributed by atoms with Gasteiger partial charge in [0.2, 0.25) is 0 Å². The van der Waals surface area contributed by atoms with Gasteiger partial charge in [-0.3, -0.25) is 24.4 Å². The Hall–Kier alpha value is -3.23. The summed E-state index contributed by atoms with van der Waals surface area (Å²) in [6.45, 7) is 1.94. The third-order valence-electron chi connectivity index (χ3n) is 3.23. The molecule has 9 nitrogen and oxygen atoms in total. The number of nitrogens with zero attached hydrogens (tertiary/aromatic N) is 3. The summed E-state index contributed by atoms with van der Waals surface area (Å²) in [6.07, 6.45) is 1.38. The van der Waals surface area contributed by atoms with E-state index in [-0.39, 0.29) is 30.1 Å². The molecular formula is C15H16N4O5. The van der Waals surface area contributed by atoms with E-state index in [1.165, 1.54) is 35.1 Å². The normalized spacial score (nSPS) is 10.2. The van der Waals surface area contributed by atoms with Crippen LogP contribution in [0, 0.1) is 10.1 Å². The number of nitrogens with one attached hydrogen (secondary N) is 1. The summed E-state index contributed by atoms with van der Waals surface area (Å²) in [5, 5.41) is 17.6. The molecule has 0 saturated carbocycles. The van der Waals surface area contributed by atoms with Gasteiger partial charge in [-0.2, -0.15) is 5.10 Å². The molecule has 0 radical (unpaired) electrons. The minimum atomic E-state index is -0.656. The first-order valence-electron chi connectivity index (χ1n) is 7.15. The number of aryl methyl sites for hydroxylation is 1. The van der Waals surface area contributed by atoms with Gasteiger partial charge < -0.3 is 10.1 Å². The number of carbonyl (C=O) groups excluding carboxylic acids is 2. The van der Waals surface area contributed by atoms with Gasteiger partial charge in [-0.25, -0.2) is 0 Å². The number of nitro groups is 1. The molecule has 2 rings (SSSR count). The van der Waals surface area contributed by atoms with Crippen molar-refractivity contribution in [3.05, 3.63) is 51.7 Å². The predicted octanol–water partition coefficient (Wildman–Crippen LogP) is 1.69.